The average Bonchev–Trinajstić information content (AvgIpc) is 3.02. The van der Waals surface area contributed by atoms with E-state index < -0.39 is 0 Å². The van der Waals surface area contributed by atoms with Crippen LogP contribution in [0.2, 0.25) is 0 Å². The maximum absolute atomic E-state index is 11.4. The van der Waals surface area contributed by atoms with Crippen molar-refractivity contribution in [2.24, 2.45) is 0 Å². The van der Waals surface area contributed by atoms with E-state index >= 15 is 0 Å². The van der Waals surface area contributed by atoms with Gasteiger partial charge in [0.1, 0.15) is 5.82 Å². The van der Waals surface area contributed by atoms with E-state index in [-0.39, 0.29) is 5.91 Å². The van der Waals surface area contributed by atoms with Crippen molar-refractivity contribution >= 4 is 28.3 Å². The van der Waals surface area contributed by atoms with Gasteiger partial charge in [-0.25, -0.2) is 9.50 Å². The molecule has 1 fully saturated rings. The summed E-state index contributed by atoms with van der Waals surface area (Å²) < 4.78 is 1.90. The number of nitrogens with one attached hydrogen (secondary N) is 1. The van der Waals surface area contributed by atoms with Gasteiger partial charge < -0.3 is 10.2 Å². The number of fused-ring (bicyclic) bond motifs is 3. The van der Waals surface area contributed by atoms with Crippen molar-refractivity contribution in [2.75, 3.05) is 44.6 Å². The molecule has 3 heterocycles. The number of nitrogens with zero attached hydrogens (tertiary/aromatic N) is 5. The van der Waals surface area contributed by atoms with Crippen LogP contribution in [0, 0.1) is 6.92 Å². The molecule has 0 unspecified atom stereocenters. The smallest absolute Gasteiger partial charge is 0.219 e. The Kier molecular flexibility index (Phi) is 4.46. The van der Waals surface area contributed by atoms with Crippen LogP contribution in [0.15, 0.2) is 30.3 Å². The van der Waals surface area contributed by atoms with Crippen LogP contribution in [0.25, 0.3) is 16.6 Å². The van der Waals surface area contributed by atoms with Gasteiger partial charge in [0.05, 0.1) is 11.2 Å². The van der Waals surface area contributed by atoms with Gasteiger partial charge >= 0.3 is 0 Å². The lowest BCUT2D eigenvalue weighted by molar-refractivity contribution is -0.130. The first kappa shape index (κ1) is 16.8. The van der Waals surface area contributed by atoms with Crippen LogP contribution in [0.3, 0.4) is 0 Å². The number of carbonyl (C=O) groups is 1. The summed E-state index contributed by atoms with van der Waals surface area (Å²) in [6, 6.07) is 10.2. The monoisotopic (exact) mass is 352 g/mol. The molecule has 1 aliphatic heterocycles. The molecule has 0 radical (unpaired) electrons. The van der Waals surface area contributed by atoms with Crippen LogP contribution in [0.1, 0.15) is 12.6 Å². The van der Waals surface area contributed by atoms with Crippen LogP contribution >= 0.6 is 0 Å². The molecular weight excluding hydrogens is 328 g/mol. The lowest BCUT2D eigenvalue weighted by Crippen LogP contribution is -2.49. The molecule has 1 aliphatic rings. The van der Waals surface area contributed by atoms with E-state index in [1.165, 1.54) is 0 Å². The Labute approximate surface area is 152 Å². The van der Waals surface area contributed by atoms with Crippen molar-refractivity contribution < 1.29 is 4.79 Å². The Morgan fingerprint density at radius 3 is 2.73 bits per heavy atom. The average molecular weight is 352 g/mol. The van der Waals surface area contributed by atoms with Gasteiger partial charge in [0.25, 0.3) is 0 Å². The minimum absolute atomic E-state index is 0.169. The van der Waals surface area contributed by atoms with Crippen molar-refractivity contribution in [1.29, 1.82) is 0 Å². The number of carbonyl (C=O) groups excluding carboxylic acids is 1. The molecule has 1 saturated heterocycles. The quantitative estimate of drug-likeness (QED) is 0.775. The number of aryl methyl sites for hydroxylation is 1. The fraction of sp³-hybridized carbons (Fsp3) is 0.421. The lowest BCUT2D eigenvalue weighted by Gasteiger charge is -2.34. The Balaban J connectivity index is 1.46. The Hall–Kier alpha value is -2.67. The van der Waals surface area contributed by atoms with Gasteiger partial charge in [0.2, 0.25) is 5.91 Å². The molecule has 2 aromatic heterocycles. The van der Waals surface area contributed by atoms with Gasteiger partial charge in [0, 0.05) is 57.6 Å². The van der Waals surface area contributed by atoms with Gasteiger partial charge in [0.15, 0.2) is 5.65 Å². The second-order valence-electron chi connectivity index (χ2n) is 6.81. The van der Waals surface area contributed by atoms with Crippen LogP contribution in [-0.4, -0.2) is 69.6 Å². The first-order chi connectivity index (χ1) is 12.6. The molecule has 0 aliphatic carbocycles. The largest absolute Gasteiger partial charge is 0.368 e. The summed E-state index contributed by atoms with van der Waals surface area (Å²) in [6.07, 6.45) is 0. The van der Waals surface area contributed by atoms with Crippen LogP contribution in [-0.2, 0) is 4.79 Å². The molecule has 136 valence electrons. The van der Waals surface area contributed by atoms with E-state index in [0.29, 0.717) is 0 Å². The Morgan fingerprint density at radius 2 is 1.96 bits per heavy atom. The van der Waals surface area contributed by atoms with E-state index in [0.717, 1.165) is 67.3 Å². The van der Waals surface area contributed by atoms with Crippen molar-refractivity contribution in [2.45, 2.75) is 13.8 Å². The fourth-order valence-corrected chi connectivity index (χ4v) is 3.53. The predicted molar refractivity (Wildman–Crippen MR) is 102 cm³/mol. The zero-order chi connectivity index (χ0) is 18.1. The number of anilines is 1. The molecule has 0 bridgehead atoms. The predicted octanol–water partition coefficient (Wildman–Crippen LogP) is 1.77. The second kappa shape index (κ2) is 6.92. The van der Waals surface area contributed by atoms with Gasteiger partial charge in [-0.1, -0.05) is 12.1 Å². The van der Waals surface area contributed by atoms with Crippen molar-refractivity contribution in [3.8, 4) is 0 Å². The summed E-state index contributed by atoms with van der Waals surface area (Å²) in [5.41, 5.74) is 2.88. The van der Waals surface area contributed by atoms with Crippen LogP contribution < -0.4 is 5.32 Å². The first-order valence-electron chi connectivity index (χ1n) is 9.09. The third-order valence-corrected chi connectivity index (χ3v) is 4.96. The zero-order valence-electron chi connectivity index (χ0n) is 15.3. The van der Waals surface area contributed by atoms with E-state index in [2.05, 4.69) is 27.4 Å². The number of aromatic nitrogens is 3. The standard InChI is InChI=1S/C19H24N6O/c1-14-13-18-21-19(16-5-3-4-6-17(16)25(18)22-14)20-7-8-23-9-11-24(12-10-23)15(2)26/h3-6,13H,7-12H2,1-2H3,(H,20,21). The summed E-state index contributed by atoms with van der Waals surface area (Å²) >= 11 is 0. The summed E-state index contributed by atoms with van der Waals surface area (Å²) in [7, 11) is 0. The number of para-hydroxylation sites is 1. The van der Waals surface area contributed by atoms with E-state index in [1.54, 1.807) is 6.92 Å². The zero-order valence-corrected chi connectivity index (χ0v) is 15.3. The van der Waals surface area contributed by atoms with E-state index in [1.807, 2.05) is 34.5 Å². The Morgan fingerprint density at radius 1 is 1.19 bits per heavy atom. The third-order valence-electron chi connectivity index (χ3n) is 4.96. The molecule has 26 heavy (non-hydrogen) atoms. The number of hydrogen-bond donors (Lipinski definition) is 1. The third kappa shape index (κ3) is 3.22. The first-order valence-corrected chi connectivity index (χ1v) is 9.09. The molecule has 1 N–H and O–H groups in total. The van der Waals surface area contributed by atoms with Crippen LogP contribution in [0.5, 0.6) is 0 Å². The van der Waals surface area contributed by atoms with Gasteiger partial charge in [-0.05, 0) is 19.1 Å². The molecule has 1 aromatic carbocycles. The topological polar surface area (TPSA) is 65.8 Å². The minimum Gasteiger partial charge on any atom is -0.368 e. The number of benzene rings is 1. The van der Waals surface area contributed by atoms with Crippen molar-refractivity contribution in [3.63, 3.8) is 0 Å². The summed E-state index contributed by atoms with van der Waals surface area (Å²) in [6.45, 7) is 8.87. The maximum Gasteiger partial charge on any atom is 0.219 e. The highest BCUT2D eigenvalue weighted by atomic mass is 16.2. The SMILES string of the molecule is CC(=O)N1CCN(CCNc2nc3cc(C)nn3c3ccccc23)CC1. The van der Waals surface area contributed by atoms with Crippen molar-refractivity contribution in [3.05, 3.63) is 36.0 Å². The number of rotatable bonds is 4. The number of hydrogen-bond acceptors (Lipinski definition) is 5. The minimum atomic E-state index is 0.169. The van der Waals surface area contributed by atoms with E-state index in [4.69, 9.17) is 4.98 Å². The highest BCUT2D eigenvalue weighted by Gasteiger charge is 2.18. The molecule has 4 rings (SSSR count). The molecule has 0 atom stereocenters. The van der Waals surface area contributed by atoms with Crippen LogP contribution in [0.4, 0.5) is 5.82 Å². The second-order valence-corrected chi connectivity index (χ2v) is 6.81. The number of piperazine rings is 1. The lowest BCUT2D eigenvalue weighted by atomic mass is 10.2. The van der Waals surface area contributed by atoms with Crippen molar-refractivity contribution in [1.82, 2.24) is 24.4 Å². The molecule has 1 amide bonds. The van der Waals surface area contributed by atoms with Gasteiger partial charge in [-0.2, -0.15) is 5.10 Å². The maximum atomic E-state index is 11.4. The highest BCUT2D eigenvalue weighted by molar-refractivity contribution is 5.91. The molecule has 0 saturated carbocycles. The molecular formula is C19H24N6O. The number of amides is 1. The highest BCUT2D eigenvalue weighted by Crippen LogP contribution is 2.23. The summed E-state index contributed by atoms with van der Waals surface area (Å²) in [5.74, 6) is 1.07. The van der Waals surface area contributed by atoms with Gasteiger partial charge in [-0.15, -0.1) is 0 Å². The Bertz CT molecular complexity index is 942. The fourth-order valence-electron chi connectivity index (χ4n) is 3.53. The molecule has 7 nitrogen and oxygen atoms in total. The molecule has 7 heteroatoms. The summed E-state index contributed by atoms with van der Waals surface area (Å²) in [4.78, 5) is 20.5. The normalized spacial score (nSPS) is 15.7. The van der Waals surface area contributed by atoms with Gasteiger partial charge in [-0.3, -0.25) is 9.69 Å². The molecule has 0 spiro atoms. The van der Waals surface area contributed by atoms with E-state index in [9.17, 15) is 4.79 Å². The summed E-state index contributed by atoms with van der Waals surface area (Å²) in [5, 5.41) is 9.11. The molecule has 3 aromatic rings.